The standard InChI is InChI=1S/C18H24N2S/c1-15(20-11-5-6-12-20)13-19-14-17-9-10-18(21-17)16-7-3-2-4-8-16/h2-4,7-10,15,19H,5-6,11-14H2,1H3. The molecule has 1 saturated heterocycles. The van der Waals surface area contributed by atoms with Crippen molar-refractivity contribution in [3.63, 3.8) is 0 Å². The van der Waals surface area contributed by atoms with Gasteiger partial charge >= 0.3 is 0 Å². The Hall–Kier alpha value is -1.16. The third kappa shape index (κ3) is 3.94. The smallest absolute Gasteiger partial charge is 0.0346 e. The van der Waals surface area contributed by atoms with E-state index in [1.807, 2.05) is 11.3 Å². The molecule has 0 bridgehead atoms. The van der Waals surface area contributed by atoms with E-state index in [-0.39, 0.29) is 0 Å². The van der Waals surface area contributed by atoms with Crippen LogP contribution in [0.15, 0.2) is 42.5 Å². The topological polar surface area (TPSA) is 15.3 Å². The lowest BCUT2D eigenvalue weighted by molar-refractivity contribution is 0.252. The predicted octanol–water partition coefficient (Wildman–Crippen LogP) is 3.99. The molecule has 3 heteroatoms. The molecule has 1 aromatic heterocycles. The average Bonchev–Trinajstić information content (AvgIpc) is 3.20. The quantitative estimate of drug-likeness (QED) is 0.868. The molecule has 0 amide bonds. The largest absolute Gasteiger partial charge is 0.310 e. The van der Waals surface area contributed by atoms with E-state index in [0.717, 1.165) is 13.1 Å². The summed E-state index contributed by atoms with van der Waals surface area (Å²) in [5, 5.41) is 3.61. The molecule has 2 nitrogen and oxygen atoms in total. The van der Waals surface area contributed by atoms with Crippen LogP contribution in [-0.2, 0) is 6.54 Å². The minimum absolute atomic E-state index is 0.654. The molecule has 0 saturated carbocycles. The monoisotopic (exact) mass is 300 g/mol. The summed E-state index contributed by atoms with van der Waals surface area (Å²) >= 11 is 1.89. The summed E-state index contributed by atoms with van der Waals surface area (Å²) in [7, 11) is 0. The Morgan fingerprint density at radius 2 is 1.86 bits per heavy atom. The van der Waals surface area contributed by atoms with E-state index in [1.165, 1.54) is 41.2 Å². The summed E-state index contributed by atoms with van der Waals surface area (Å²) in [6.07, 6.45) is 2.74. The number of hydrogen-bond acceptors (Lipinski definition) is 3. The van der Waals surface area contributed by atoms with Gasteiger partial charge in [-0.3, -0.25) is 4.90 Å². The fourth-order valence-corrected chi connectivity index (χ4v) is 3.93. The maximum Gasteiger partial charge on any atom is 0.0346 e. The first-order valence-corrected chi connectivity index (χ1v) is 8.73. The van der Waals surface area contributed by atoms with Gasteiger partial charge in [0.1, 0.15) is 0 Å². The molecule has 1 aliphatic rings. The van der Waals surface area contributed by atoms with Crippen LogP contribution in [0.3, 0.4) is 0 Å². The van der Waals surface area contributed by atoms with Crippen LogP contribution in [-0.4, -0.2) is 30.6 Å². The number of benzene rings is 1. The summed E-state index contributed by atoms with van der Waals surface area (Å²) in [5.41, 5.74) is 1.32. The third-order valence-corrected chi connectivity index (χ3v) is 5.36. The summed E-state index contributed by atoms with van der Waals surface area (Å²) in [6, 6.07) is 15.8. The zero-order valence-electron chi connectivity index (χ0n) is 12.7. The molecule has 2 heterocycles. The van der Waals surface area contributed by atoms with Gasteiger partial charge < -0.3 is 5.32 Å². The van der Waals surface area contributed by atoms with E-state index in [1.54, 1.807) is 0 Å². The zero-order chi connectivity index (χ0) is 14.5. The second kappa shape index (κ2) is 7.21. The van der Waals surface area contributed by atoms with Crippen LogP contribution in [0.2, 0.25) is 0 Å². The average molecular weight is 300 g/mol. The maximum absolute atomic E-state index is 3.61. The second-order valence-electron chi connectivity index (χ2n) is 5.85. The maximum atomic E-state index is 3.61. The molecule has 0 aliphatic carbocycles. The minimum Gasteiger partial charge on any atom is -0.310 e. The van der Waals surface area contributed by atoms with Crippen molar-refractivity contribution in [3.05, 3.63) is 47.3 Å². The lowest BCUT2D eigenvalue weighted by Crippen LogP contribution is -2.38. The molecule has 1 unspecified atom stereocenters. The molecule has 2 aromatic rings. The summed E-state index contributed by atoms with van der Waals surface area (Å²) in [5.74, 6) is 0. The fraction of sp³-hybridized carbons (Fsp3) is 0.444. The predicted molar refractivity (Wildman–Crippen MR) is 91.7 cm³/mol. The van der Waals surface area contributed by atoms with Crippen LogP contribution < -0.4 is 5.32 Å². The second-order valence-corrected chi connectivity index (χ2v) is 7.02. The van der Waals surface area contributed by atoms with Crippen molar-refractivity contribution in [1.82, 2.24) is 10.2 Å². The van der Waals surface area contributed by atoms with Crippen molar-refractivity contribution in [3.8, 4) is 10.4 Å². The van der Waals surface area contributed by atoms with Gasteiger partial charge in [-0.1, -0.05) is 30.3 Å². The Labute approximate surface area is 131 Å². The van der Waals surface area contributed by atoms with Gasteiger partial charge in [0.2, 0.25) is 0 Å². The molecule has 1 fully saturated rings. The number of thiophene rings is 1. The highest BCUT2D eigenvalue weighted by Gasteiger charge is 2.17. The van der Waals surface area contributed by atoms with Crippen LogP contribution in [0.1, 0.15) is 24.6 Å². The van der Waals surface area contributed by atoms with Gasteiger partial charge in [-0.2, -0.15) is 0 Å². The van der Waals surface area contributed by atoms with Crippen molar-refractivity contribution in [2.45, 2.75) is 32.4 Å². The van der Waals surface area contributed by atoms with Crippen LogP contribution in [0.25, 0.3) is 10.4 Å². The van der Waals surface area contributed by atoms with Gasteiger partial charge in [-0.15, -0.1) is 11.3 Å². The van der Waals surface area contributed by atoms with Crippen molar-refractivity contribution in [1.29, 1.82) is 0 Å². The lowest BCUT2D eigenvalue weighted by atomic mass is 10.2. The number of likely N-dealkylation sites (tertiary alicyclic amines) is 1. The van der Waals surface area contributed by atoms with Crippen molar-refractivity contribution < 1.29 is 0 Å². The van der Waals surface area contributed by atoms with Gasteiger partial charge in [-0.25, -0.2) is 0 Å². The number of hydrogen-bond donors (Lipinski definition) is 1. The van der Waals surface area contributed by atoms with Crippen molar-refractivity contribution in [2.24, 2.45) is 0 Å². The van der Waals surface area contributed by atoms with Gasteiger partial charge in [0.25, 0.3) is 0 Å². The van der Waals surface area contributed by atoms with E-state index in [2.05, 4.69) is 59.6 Å². The molecule has 0 radical (unpaired) electrons. The first kappa shape index (κ1) is 14.8. The molecule has 1 N–H and O–H groups in total. The van der Waals surface area contributed by atoms with E-state index < -0.39 is 0 Å². The molecular weight excluding hydrogens is 276 g/mol. The highest BCUT2D eigenvalue weighted by Crippen LogP contribution is 2.27. The summed E-state index contributed by atoms with van der Waals surface area (Å²) in [6.45, 7) is 6.95. The molecule has 1 aromatic carbocycles. The van der Waals surface area contributed by atoms with Crippen molar-refractivity contribution >= 4 is 11.3 Å². The SMILES string of the molecule is CC(CNCc1ccc(-c2ccccc2)s1)N1CCCC1. The third-order valence-electron chi connectivity index (χ3n) is 4.22. The van der Waals surface area contributed by atoms with Gasteiger partial charge in [0, 0.05) is 28.9 Å². The van der Waals surface area contributed by atoms with Crippen LogP contribution in [0.5, 0.6) is 0 Å². The molecule has 0 spiro atoms. The molecule has 1 aliphatic heterocycles. The molecule has 3 rings (SSSR count). The number of nitrogens with zero attached hydrogens (tertiary/aromatic N) is 1. The van der Waals surface area contributed by atoms with Crippen LogP contribution >= 0.6 is 11.3 Å². The summed E-state index contributed by atoms with van der Waals surface area (Å²) in [4.78, 5) is 5.37. The van der Waals surface area contributed by atoms with Gasteiger partial charge in [0.15, 0.2) is 0 Å². The highest BCUT2D eigenvalue weighted by atomic mass is 32.1. The number of nitrogens with one attached hydrogen (secondary N) is 1. The Kier molecular flexibility index (Phi) is 5.07. The first-order chi connectivity index (χ1) is 10.3. The Bertz CT molecular complexity index is 543. The Balaban J connectivity index is 1.49. The fourth-order valence-electron chi connectivity index (χ4n) is 2.95. The van der Waals surface area contributed by atoms with E-state index in [9.17, 15) is 0 Å². The Morgan fingerprint density at radius 3 is 2.62 bits per heavy atom. The Morgan fingerprint density at radius 1 is 1.10 bits per heavy atom. The molecule has 1 atom stereocenters. The molecule has 21 heavy (non-hydrogen) atoms. The van der Waals surface area contributed by atoms with E-state index in [0.29, 0.717) is 6.04 Å². The zero-order valence-corrected chi connectivity index (χ0v) is 13.5. The van der Waals surface area contributed by atoms with E-state index >= 15 is 0 Å². The van der Waals surface area contributed by atoms with Crippen molar-refractivity contribution in [2.75, 3.05) is 19.6 Å². The molecule has 112 valence electrons. The summed E-state index contributed by atoms with van der Waals surface area (Å²) < 4.78 is 0. The minimum atomic E-state index is 0.654. The van der Waals surface area contributed by atoms with Gasteiger partial charge in [-0.05, 0) is 50.6 Å². The normalized spacial score (nSPS) is 17.2. The highest BCUT2D eigenvalue weighted by molar-refractivity contribution is 7.15. The first-order valence-electron chi connectivity index (χ1n) is 7.92. The van der Waals surface area contributed by atoms with Crippen LogP contribution in [0.4, 0.5) is 0 Å². The lowest BCUT2D eigenvalue weighted by Gasteiger charge is -2.23. The van der Waals surface area contributed by atoms with E-state index in [4.69, 9.17) is 0 Å². The van der Waals surface area contributed by atoms with Gasteiger partial charge in [0.05, 0.1) is 0 Å². The molecular formula is C18H24N2S. The van der Waals surface area contributed by atoms with Crippen LogP contribution in [0, 0.1) is 0 Å². The number of rotatable bonds is 6.